The first kappa shape index (κ1) is 11.9. The summed E-state index contributed by atoms with van der Waals surface area (Å²) in [4.78, 5) is 0. The average Bonchev–Trinajstić information content (AvgIpc) is 2.39. The molecule has 0 radical (unpaired) electrons. The van der Waals surface area contributed by atoms with Crippen LogP contribution in [0, 0.1) is 0 Å². The summed E-state index contributed by atoms with van der Waals surface area (Å²) in [5, 5.41) is 4.22. The second-order valence-electron chi connectivity index (χ2n) is 4.20. The Labute approximate surface area is 119 Å². The summed E-state index contributed by atoms with van der Waals surface area (Å²) in [6, 6.07) is 14.0. The molecular formula is C14H11BrClNO. The van der Waals surface area contributed by atoms with Gasteiger partial charge in [0.2, 0.25) is 0 Å². The van der Waals surface area contributed by atoms with E-state index in [9.17, 15) is 0 Å². The van der Waals surface area contributed by atoms with Crippen LogP contribution in [0.3, 0.4) is 0 Å². The molecule has 0 fully saturated rings. The van der Waals surface area contributed by atoms with Crippen LogP contribution in [-0.2, 0) is 0 Å². The maximum atomic E-state index is 5.89. The van der Waals surface area contributed by atoms with E-state index in [0.717, 1.165) is 20.9 Å². The van der Waals surface area contributed by atoms with Crippen LogP contribution in [0.1, 0.15) is 11.6 Å². The van der Waals surface area contributed by atoms with E-state index in [1.54, 1.807) is 0 Å². The Kier molecular flexibility index (Phi) is 3.18. The van der Waals surface area contributed by atoms with E-state index in [0.29, 0.717) is 6.61 Å². The molecule has 0 spiro atoms. The molecular weight excluding hydrogens is 314 g/mol. The van der Waals surface area contributed by atoms with E-state index < -0.39 is 0 Å². The lowest BCUT2D eigenvalue weighted by atomic mass is 10.1. The number of hydrogen-bond donors (Lipinski definition) is 1. The van der Waals surface area contributed by atoms with E-state index >= 15 is 0 Å². The molecule has 18 heavy (non-hydrogen) atoms. The summed E-state index contributed by atoms with van der Waals surface area (Å²) < 4.78 is 6.80. The van der Waals surface area contributed by atoms with Gasteiger partial charge >= 0.3 is 0 Å². The van der Waals surface area contributed by atoms with Gasteiger partial charge in [-0.2, -0.15) is 0 Å². The molecule has 0 bridgehead atoms. The first-order valence-electron chi connectivity index (χ1n) is 5.67. The highest BCUT2D eigenvalue weighted by Gasteiger charge is 2.20. The third kappa shape index (κ3) is 2.33. The molecule has 92 valence electrons. The summed E-state index contributed by atoms with van der Waals surface area (Å²) in [5.41, 5.74) is 2.19. The Hall–Kier alpha value is -1.19. The monoisotopic (exact) mass is 323 g/mol. The van der Waals surface area contributed by atoms with Crippen LogP contribution in [0.25, 0.3) is 0 Å². The summed E-state index contributed by atoms with van der Waals surface area (Å²) in [6.07, 6.45) is 0. The Morgan fingerprint density at radius 3 is 2.72 bits per heavy atom. The van der Waals surface area contributed by atoms with Crippen molar-refractivity contribution in [2.75, 3.05) is 11.9 Å². The third-order valence-corrected chi connectivity index (χ3v) is 3.70. The van der Waals surface area contributed by atoms with Gasteiger partial charge in [0, 0.05) is 9.50 Å². The number of nitrogens with one attached hydrogen (secondary N) is 1. The largest absolute Gasteiger partial charge is 0.489 e. The number of ether oxygens (including phenoxy) is 1. The van der Waals surface area contributed by atoms with Crippen LogP contribution in [0.15, 0.2) is 46.9 Å². The second kappa shape index (κ2) is 4.82. The van der Waals surface area contributed by atoms with Crippen molar-refractivity contribution in [2.24, 2.45) is 0 Å². The molecule has 1 aliphatic heterocycles. The number of rotatable bonds is 1. The molecule has 1 atom stereocenters. The summed E-state index contributed by atoms with van der Waals surface area (Å²) in [5.74, 6) is 0.884. The van der Waals surface area contributed by atoms with Crippen molar-refractivity contribution in [3.63, 3.8) is 0 Å². The molecule has 0 saturated heterocycles. The fourth-order valence-electron chi connectivity index (χ4n) is 2.01. The Balaban J connectivity index is 1.86. The van der Waals surface area contributed by atoms with Crippen molar-refractivity contribution >= 4 is 33.2 Å². The van der Waals surface area contributed by atoms with Gasteiger partial charge < -0.3 is 10.1 Å². The third-order valence-electron chi connectivity index (χ3n) is 2.95. The van der Waals surface area contributed by atoms with Gasteiger partial charge in [0.15, 0.2) is 0 Å². The van der Waals surface area contributed by atoms with Crippen molar-refractivity contribution in [3.05, 3.63) is 57.5 Å². The van der Waals surface area contributed by atoms with Gasteiger partial charge in [0.25, 0.3) is 0 Å². The molecule has 2 aromatic carbocycles. The van der Waals surface area contributed by atoms with Crippen molar-refractivity contribution < 1.29 is 4.74 Å². The quantitative estimate of drug-likeness (QED) is 0.824. The number of hydrogen-bond acceptors (Lipinski definition) is 2. The van der Waals surface area contributed by atoms with E-state index in [2.05, 4.69) is 21.2 Å². The maximum Gasteiger partial charge on any atom is 0.143 e. The minimum Gasteiger partial charge on any atom is -0.489 e. The molecule has 4 heteroatoms. The normalized spacial score (nSPS) is 17.6. The van der Waals surface area contributed by atoms with Crippen molar-refractivity contribution in [2.45, 2.75) is 6.04 Å². The van der Waals surface area contributed by atoms with Gasteiger partial charge in [-0.3, -0.25) is 0 Å². The Bertz CT molecular complexity index is 571. The zero-order valence-electron chi connectivity index (χ0n) is 9.49. The molecule has 1 aliphatic rings. The number of halogens is 2. The topological polar surface area (TPSA) is 21.3 Å². The van der Waals surface area contributed by atoms with Gasteiger partial charge in [-0.15, -0.1) is 0 Å². The molecule has 0 amide bonds. The van der Waals surface area contributed by atoms with Gasteiger partial charge in [-0.1, -0.05) is 39.7 Å². The minimum absolute atomic E-state index is 0.163. The van der Waals surface area contributed by atoms with Gasteiger partial charge in [0.05, 0.1) is 11.7 Å². The number of fused-ring (bicyclic) bond motifs is 1. The molecule has 3 rings (SSSR count). The van der Waals surface area contributed by atoms with Crippen LogP contribution >= 0.6 is 27.5 Å². The summed E-state index contributed by atoms with van der Waals surface area (Å²) in [6.45, 7) is 0.616. The van der Waals surface area contributed by atoms with E-state index in [-0.39, 0.29) is 6.04 Å². The average molecular weight is 325 g/mol. The number of anilines is 1. The van der Waals surface area contributed by atoms with Gasteiger partial charge in [-0.05, 0) is 35.9 Å². The van der Waals surface area contributed by atoms with Crippen LogP contribution in [0.4, 0.5) is 5.69 Å². The molecule has 0 saturated carbocycles. The van der Waals surface area contributed by atoms with Crippen molar-refractivity contribution in [3.8, 4) is 5.75 Å². The Morgan fingerprint density at radius 2 is 1.94 bits per heavy atom. The predicted octanol–water partition coefficient (Wildman–Crippen LogP) is 4.65. The van der Waals surface area contributed by atoms with Crippen LogP contribution in [0.5, 0.6) is 5.75 Å². The molecule has 2 nitrogen and oxygen atoms in total. The van der Waals surface area contributed by atoms with E-state index in [4.69, 9.17) is 16.3 Å². The second-order valence-corrected chi connectivity index (χ2v) is 5.55. The highest BCUT2D eigenvalue weighted by atomic mass is 79.9. The molecule has 1 unspecified atom stereocenters. The summed E-state index contributed by atoms with van der Waals surface area (Å²) in [7, 11) is 0. The molecule has 0 aliphatic carbocycles. The first-order chi connectivity index (χ1) is 8.72. The zero-order chi connectivity index (χ0) is 12.5. The van der Waals surface area contributed by atoms with Crippen LogP contribution in [0.2, 0.25) is 5.02 Å². The smallest absolute Gasteiger partial charge is 0.143 e. The Morgan fingerprint density at radius 1 is 1.17 bits per heavy atom. The van der Waals surface area contributed by atoms with Crippen LogP contribution in [-0.4, -0.2) is 6.61 Å². The highest BCUT2D eigenvalue weighted by Crippen LogP contribution is 2.35. The molecule has 1 heterocycles. The van der Waals surface area contributed by atoms with E-state index in [1.165, 1.54) is 5.56 Å². The first-order valence-corrected chi connectivity index (χ1v) is 6.84. The predicted molar refractivity (Wildman–Crippen MR) is 77.5 cm³/mol. The minimum atomic E-state index is 0.163. The van der Waals surface area contributed by atoms with Crippen LogP contribution < -0.4 is 10.1 Å². The fourth-order valence-corrected chi connectivity index (χ4v) is 2.48. The van der Waals surface area contributed by atoms with E-state index in [1.807, 2.05) is 42.5 Å². The summed E-state index contributed by atoms with van der Waals surface area (Å²) >= 11 is 9.33. The van der Waals surface area contributed by atoms with Gasteiger partial charge in [-0.25, -0.2) is 0 Å². The lowest BCUT2D eigenvalue weighted by Gasteiger charge is -2.28. The van der Waals surface area contributed by atoms with Crippen molar-refractivity contribution in [1.82, 2.24) is 0 Å². The fraction of sp³-hybridized carbons (Fsp3) is 0.143. The lowest BCUT2D eigenvalue weighted by molar-refractivity contribution is 0.286. The molecule has 0 aromatic heterocycles. The van der Waals surface area contributed by atoms with Crippen molar-refractivity contribution in [1.29, 1.82) is 0 Å². The molecule has 2 aromatic rings. The highest BCUT2D eigenvalue weighted by molar-refractivity contribution is 9.10. The SMILES string of the molecule is Clc1ccc(C2COc3cc(Br)ccc3N2)cc1. The lowest BCUT2D eigenvalue weighted by Crippen LogP contribution is -2.23. The molecule has 1 N–H and O–H groups in total. The van der Waals surface area contributed by atoms with Gasteiger partial charge in [0.1, 0.15) is 12.4 Å². The maximum absolute atomic E-state index is 5.89. The number of benzene rings is 2. The standard InChI is InChI=1S/C14H11BrClNO/c15-10-3-6-12-14(7-10)18-8-13(17-12)9-1-4-11(16)5-2-9/h1-7,13,17H,8H2. The zero-order valence-corrected chi connectivity index (χ0v) is 11.8.